The van der Waals surface area contributed by atoms with Gasteiger partial charge in [-0.15, -0.1) is 0 Å². The quantitative estimate of drug-likeness (QED) is 0.357. The zero-order chi connectivity index (χ0) is 23.8. The SMILES string of the molecule is CC[NH+](C[C@@H](O)COC(c1ccc(F)cc1)c1ccc(F)cc1)C[C@@H](O)c1cccc(O)c1. The molecule has 0 aliphatic rings. The molecule has 0 aliphatic heterocycles. The van der Waals surface area contributed by atoms with Gasteiger partial charge < -0.3 is 25.0 Å². The van der Waals surface area contributed by atoms with Gasteiger partial charge in [-0.25, -0.2) is 8.78 Å². The predicted molar refractivity (Wildman–Crippen MR) is 121 cm³/mol. The minimum absolute atomic E-state index is 0.00510. The van der Waals surface area contributed by atoms with Crippen LogP contribution in [0.4, 0.5) is 8.78 Å². The molecule has 3 aromatic carbocycles. The van der Waals surface area contributed by atoms with Crippen molar-refractivity contribution in [2.24, 2.45) is 0 Å². The Morgan fingerprint density at radius 3 is 1.91 bits per heavy atom. The Labute approximate surface area is 192 Å². The summed E-state index contributed by atoms with van der Waals surface area (Å²) in [4.78, 5) is 0.960. The average molecular weight is 459 g/mol. The Bertz CT molecular complexity index is 952. The van der Waals surface area contributed by atoms with Crippen molar-refractivity contribution in [2.75, 3.05) is 26.2 Å². The Morgan fingerprint density at radius 1 is 0.818 bits per heavy atom. The molecule has 33 heavy (non-hydrogen) atoms. The third-order valence-corrected chi connectivity index (χ3v) is 5.56. The second-order valence-corrected chi connectivity index (χ2v) is 8.09. The van der Waals surface area contributed by atoms with Gasteiger partial charge in [0.15, 0.2) is 0 Å². The molecular weight excluding hydrogens is 428 g/mol. The molecule has 5 nitrogen and oxygen atoms in total. The van der Waals surface area contributed by atoms with Crippen LogP contribution in [0.25, 0.3) is 0 Å². The third-order valence-electron chi connectivity index (χ3n) is 5.56. The number of likely N-dealkylation sites (N-methyl/N-ethyl adjacent to an activating group) is 1. The zero-order valence-corrected chi connectivity index (χ0v) is 18.5. The fraction of sp³-hybridized carbons (Fsp3) is 0.308. The number of nitrogens with one attached hydrogen (secondary N) is 1. The summed E-state index contributed by atoms with van der Waals surface area (Å²) in [5.41, 5.74) is 1.99. The van der Waals surface area contributed by atoms with E-state index in [4.69, 9.17) is 4.74 Å². The number of phenols is 1. The molecule has 3 atom stereocenters. The molecule has 0 aromatic heterocycles. The number of quaternary nitrogens is 1. The number of aliphatic hydroxyl groups is 2. The van der Waals surface area contributed by atoms with Crippen molar-refractivity contribution in [2.45, 2.75) is 25.2 Å². The highest BCUT2D eigenvalue weighted by molar-refractivity contribution is 5.31. The number of halogens is 2. The molecule has 0 aliphatic carbocycles. The first-order valence-electron chi connectivity index (χ1n) is 11.0. The minimum atomic E-state index is -0.820. The van der Waals surface area contributed by atoms with Crippen LogP contribution in [0.3, 0.4) is 0 Å². The van der Waals surface area contributed by atoms with Crippen molar-refractivity contribution in [3.8, 4) is 5.75 Å². The van der Waals surface area contributed by atoms with Crippen LogP contribution in [-0.4, -0.2) is 47.7 Å². The van der Waals surface area contributed by atoms with Gasteiger partial charge in [0.25, 0.3) is 0 Å². The van der Waals surface area contributed by atoms with Gasteiger partial charge in [0.05, 0.1) is 13.2 Å². The van der Waals surface area contributed by atoms with Gasteiger partial charge in [-0.1, -0.05) is 36.4 Å². The van der Waals surface area contributed by atoms with Crippen LogP contribution < -0.4 is 4.90 Å². The van der Waals surface area contributed by atoms with E-state index in [0.717, 1.165) is 4.90 Å². The van der Waals surface area contributed by atoms with Gasteiger partial charge in [0.2, 0.25) is 0 Å². The smallest absolute Gasteiger partial charge is 0.128 e. The fourth-order valence-electron chi connectivity index (χ4n) is 3.75. The fourth-order valence-corrected chi connectivity index (χ4v) is 3.75. The van der Waals surface area contributed by atoms with E-state index in [2.05, 4.69) is 0 Å². The van der Waals surface area contributed by atoms with E-state index >= 15 is 0 Å². The van der Waals surface area contributed by atoms with Crippen molar-refractivity contribution in [1.29, 1.82) is 0 Å². The summed E-state index contributed by atoms with van der Waals surface area (Å²) >= 11 is 0. The number of aliphatic hydroxyl groups excluding tert-OH is 2. The number of rotatable bonds is 11. The minimum Gasteiger partial charge on any atom is -0.508 e. The van der Waals surface area contributed by atoms with Crippen molar-refractivity contribution in [3.63, 3.8) is 0 Å². The normalized spacial score (nSPS) is 14.2. The van der Waals surface area contributed by atoms with E-state index in [1.807, 2.05) is 6.92 Å². The molecule has 176 valence electrons. The van der Waals surface area contributed by atoms with E-state index in [0.29, 0.717) is 36.3 Å². The molecule has 1 unspecified atom stereocenters. The topological polar surface area (TPSA) is 74.4 Å². The summed E-state index contributed by atoms with van der Waals surface area (Å²) in [5, 5.41) is 30.8. The molecule has 0 bridgehead atoms. The predicted octanol–water partition coefficient (Wildman–Crippen LogP) is 2.78. The summed E-state index contributed by atoms with van der Waals surface area (Å²) in [6.07, 6.45) is -2.20. The molecule has 0 spiro atoms. The maximum absolute atomic E-state index is 13.4. The Hall–Kier alpha value is -2.84. The number of ether oxygens (including phenoxy) is 1. The first-order chi connectivity index (χ1) is 15.9. The van der Waals surface area contributed by atoms with E-state index in [1.165, 1.54) is 30.3 Å². The lowest BCUT2D eigenvalue weighted by atomic mass is 10.0. The standard InChI is InChI=1S/C26H29F2NO4/c1-2-29(16-25(32)20-4-3-5-23(30)14-20)15-24(31)17-33-26(18-6-10-21(27)11-7-18)19-8-12-22(28)13-9-19/h3-14,24-26,30-32H,2,15-17H2,1H3/p+1/t24-,25-/m1/s1. The maximum Gasteiger partial charge on any atom is 0.128 e. The highest BCUT2D eigenvalue weighted by Gasteiger charge is 2.22. The first-order valence-corrected chi connectivity index (χ1v) is 11.0. The van der Waals surface area contributed by atoms with E-state index in [1.54, 1.807) is 42.5 Å². The second-order valence-electron chi connectivity index (χ2n) is 8.09. The van der Waals surface area contributed by atoms with Gasteiger partial charge in [-0.2, -0.15) is 0 Å². The second kappa shape index (κ2) is 11.9. The van der Waals surface area contributed by atoms with Gasteiger partial charge in [0, 0.05) is 0 Å². The molecule has 0 fully saturated rings. The summed E-state index contributed by atoms with van der Waals surface area (Å²) in [5.74, 6) is -0.654. The maximum atomic E-state index is 13.4. The molecule has 4 N–H and O–H groups in total. The van der Waals surface area contributed by atoms with E-state index in [9.17, 15) is 24.1 Å². The third kappa shape index (κ3) is 7.33. The number of hydrogen-bond donors (Lipinski definition) is 4. The van der Waals surface area contributed by atoms with Crippen molar-refractivity contribution in [1.82, 2.24) is 0 Å². The summed E-state index contributed by atoms with van der Waals surface area (Å²) in [6, 6.07) is 18.2. The molecule has 3 rings (SSSR count). The van der Waals surface area contributed by atoms with Gasteiger partial charge in [0.1, 0.15) is 48.8 Å². The number of hydrogen-bond acceptors (Lipinski definition) is 4. The molecule has 0 amide bonds. The molecule has 0 saturated carbocycles. The summed E-state index contributed by atoms with van der Waals surface area (Å²) < 4.78 is 32.8. The average Bonchev–Trinajstić information content (AvgIpc) is 2.81. The van der Waals surface area contributed by atoms with Gasteiger partial charge in [-0.3, -0.25) is 0 Å². The molecule has 7 heteroatoms. The van der Waals surface area contributed by atoms with E-state index in [-0.39, 0.29) is 24.0 Å². The van der Waals surface area contributed by atoms with Crippen LogP contribution >= 0.6 is 0 Å². The largest absolute Gasteiger partial charge is 0.508 e. The Morgan fingerprint density at radius 2 is 1.39 bits per heavy atom. The van der Waals surface area contributed by atoms with Crippen LogP contribution in [-0.2, 0) is 4.74 Å². The summed E-state index contributed by atoms with van der Waals surface area (Å²) in [6.45, 7) is 3.33. The van der Waals surface area contributed by atoms with Crippen molar-refractivity contribution >= 4 is 0 Å². The van der Waals surface area contributed by atoms with Crippen LogP contribution in [0.2, 0.25) is 0 Å². The lowest BCUT2D eigenvalue weighted by molar-refractivity contribution is -0.905. The summed E-state index contributed by atoms with van der Waals surface area (Å²) in [7, 11) is 0. The zero-order valence-electron chi connectivity index (χ0n) is 18.5. The van der Waals surface area contributed by atoms with E-state index < -0.39 is 18.3 Å². The Kier molecular flexibility index (Phi) is 8.91. The van der Waals surface area contributed by atoms with Crippen LogP contribution in [0.1, 0.15) is 35.8 Å². The lowest BCUT2D eigenvalue weighted by Crippen LogP contribution is -3.13. The number of aromatic hydroxyl groups is 1. The van der Waals surface area contributed by atoms with Gasteiger partial charge in [-0.05, 0) is 60.0 Å². The van der Waals surface area contributed by atoms with Crippen LogP contribution in [0.15, 0.2) is 72.8 Å². The highest BCUT2D eigenvalue weighted by atomic mass is 19.1. The first kappa shape index (κ1) is 24.8. The molecular formula is C26H30F2NO4+. The molecule has 0 heterocycles. The van der Waals surface area contributed by atoms with Crippen molar-refractivity contribution < 1.29 is 33.7 Å². The molecule has 0 radical (unpaired) electrons. The molecule has 3 aromatic rings. The number of benzene rings is 3. The molecule has 0 saturated heterocycles. The highest BCUT2D eigenvalue weighted by Crippen LogP contribution is 2.26. The monoisotopic (exact) mass is 458 g/mol. The van der Waals surface area contributed by atoms with Crippen LogP contribution in [0.5, 0.6) is 5.75 Å². The Balaban J connectivity index is 1.63. The number of phenolic OH excluding ortho intramolecular Hbond substituents is 1. The van der Waals surface area contributed by atoms with Crippen LogP contribution in [0, 0.1) is 11.6 Å². The van der Waals surface area contributed by atoms with Gasteiger partial charge >= 0.3 is 0 Å². The lowest BCUT2D eigenvalue weighted by Gasteiger charge is -2.25. The van der Waals surface area contributed by atoms with Crippen molar-refractivity contribution in [3.05, 3.63) is 101 Å².